The zero-order chi connectivity index (χ0) is 22.7. The summed E-state index contributed by atoms with van der Waals surface area (Å²) in [5, 5.41) is 2.73. The molecule has 32 heavy (non-hydrogen) atoms. The number of sulfonamides is 1. The Bertz CT molecular complexity index is 1080. The van der Waals surface area contributed by atoms with Crippen LogP contribution in [0.1, 0.15) is 19.3 Å². The summed E-state index contributed by atoms with van der Waals surface area (Å²) in [6, 6.07) is 11.4. The van der Waals surface area contributed by atoms with Crippen LogP contribution in [0.2, 0.25) is 0 Å². The van der Waals surface area contributed by atoms with Gasteiger partial charge < -0.3 is 15.0 Å². The van der Waals surface area contributed by atoms with Crippen molar-refractivity contribution >= 4 is 33.2 Å². The minimum Gasteiger partial charge on any atom is -0.377 e. The number of nitrogens with zero attached hydrogens (tertiary/aromatic N) is 1. The topological polar surface area (TPSA) is 105 Å². The van der Waals surface area contributed by atoms with Gasteiger partial charge in [-0.05, 0) is 61.4 Å². The minimum absolute atomic E-state index is 0.0445. The molecule has 0 saturated carbocycles. The van der Waals surface area contributed by atoms with Crippen LogP contribution >= 0.6 is 0 Å². The van der Waals surface area contributed by atoms with Crippen molar-refractivity contribution in [3.05, 3.63) is 54.3 Å². The molecule has 2 unspecified atom stereocenters. The zero-order valence-electron chi connectivity index (χ0n) is 17.3. The van der Waals surface area contributed by atoms with Gasteiger partial charge in [-0.3, -0.25) is 9.59 Å². The number of benzene rings is 2. The highest BCUT2D eigenvalue weighted by Crippen LogP contribution is 2.26. The van der Waals surface area contributed by atoms with Crippen molar-refractivity contribution < 1.29 is 27.1 Å². The molecule has 2 saturated heterocycles. The van der Waals surface area contributed by atoms with Gasteiger partial charge in [0.15, 0.2) is 0 Å². The van der Waals surface area contributed by atoms with Crippen molar-refractivity contribution in [3.63, 3.8) is 0 Å². The number of carbonyl (C=O) groups is 2. The van der Waals surface area contributed by atoms with E-state index in [1.165, 1.54) is 53.4 Å². The minimum atomic E-state index is -3.68. The Kier molecular flexibility index (Phi) is 6.54. The molecule has 2 aliphatic heterocycles. The Morgan fingerprint density at radius 2 is 1.84 bits per heavy atom. The lowest BCUT2D eigenvalue weighted by Crippen LogP contribution is -2.31. The fourth-order valence-corrected chi connectivity index (χ4v) is 4.87. The summed E-state index contributed by atoms with van der Waals surface area (Å²) in [6.07, 6.45) is 1.69. The Hall–Kier alpha value is -2.82. The number of anilines is 2. The first-order chi connectivity index (χ1) is 15.3. The normalized spacial score (nSPS) is 21.2. The van der Waals surface area contributed by atoms with Gasteiger partial charge in [0.05, 0.1) is 16.9 Å². The highest BCUT2D eigenvalue weighted by molar-refractivity contribution is 7.89. The Morgan fingerprint density at radius 3 is 2.50 bits per heavy atom. The number of ether oxygens (including phenoxy) is 1. The molecule has 10 heteroatoms. The van der Waals surface area contributed by atoms with E-state index in [1.54, 1.807) is 0 Å². The molecule has 0 spiro atoms. The molecule has 2 aromatic carbocycles. The van der Waals surface area contributed by atoms with Crippen LogP contribution < -0.4 is 14.9 Å². The van der Waals surface area contributed by atoms with E-state index in [0.29, 0.717) is 18.0 Å². The maximum absolute atomic E-state index is 13.1. The van der Waals surface area contributed by atoms with Gasteiger partial charge >= 0.3 is 0 Å². The second-order valence-electron chi connectivity index (χ2n) is 7.88. The van der Waals surface area contributed by atoms with Crippen LogP contribution in [0.5, 0.6) is 0 Å². The standard InChI is InChI=1S/C22H24FN3O5S/c23-16-3-7-18(8-4-16)26-14-15(12-21(26)27)22(28)25-17-5-9-20(10-6-17)32(29,30)24-13-19-2-1-11-31-19/h3-10,15,19,24H,1-2,11-14H2,(H,25,28). The molecule has 2 heterocycles. The van der Waals surface area contributed by atoms with Gasteiger partial charge in [-0.2, -0.15) is 0 Å². The number of hydrogen-bond acceptors (Lipinski definition) is 5. The molecular weight excluding hydrogens is 437 g/mol. The monoisotopic (exact) mass is 461 g/mol. The first-order valence-corrected chi connectivity index (χ1v) is 11.9. The average Bonchev–Trinajstić information content (AvgIpc) is 3.43. The SMILES string of the molecule is O=C(Nc1ccc(S(=O)(=O)NCC2CCCO2)cc1)C1CC(=O)N(c2ccc(F)cc2)C1. The Balaban J connectivity index is 1.34. The molecule has 8 nitrogen and oxygen atoms in total. The molecule has 0 radical (unpaired) electrons. The van der Waals surface area contributed by atoms with E-state index in [-0.39, 0.29) is 42.3 Å². The van der Waals surface area contributed by atoms with Crippen molar-refractivity contribution in [3.8, 4) is 0 Å². The molecule has 0 aromatic heterocycles. The van der Waals surface area contributed by atoms with Crippen molar-refractivity contribution in [2.45, 2.75) is 30.3 Å². The molecule has 0 bridgehead atoms. The van der Waals surface area contributed by atoms with Crippen molar-refractivity contribution in [2.24, 2.45) is 5.92 Å². The molecule has 2 fully saturated rings. The summed E-state index contributed by atoms with van der Waals surface area (Å²) in [6.45, 7) is 1.06. The van der Waals surface area contributed by atoms with Crippen LogP contribution in [0.4, 0.5) is 15.8 Å². The molecule has 2 amide bonds. The molecule has 2 aromatic rings. The van der Waals surface area contributed by atoms with E-state index in [2.05, 4.69) is 10.0 Å². The summed E-state index contributed by atoms with van der Waals surface area (Å²) in [5.74, 6) is -1.52. The van der Waals surface area contributed by atoms with Gasteiger partial charge in [0.25, 0.3) is 0 Å². The number of halogens is 1. The first-order valence-electron chi connectivity index (χ1n) is 10.4. The second kappa shape index (κ2) is 9.35. The Labute approximate surface area is 185 Å². The van der Waals surface area contributed by atoms with Gasteiger partial charge in [0, 0.05) is 37.5 Å². The predicted octanol–water partition coefficient (Wildman–Crippen LogP) is 2.27. The fourth-order valence-electron chi connectivity index (χ4n) is 3.81. The van der Waals surface area contributed by atoms with Gasteiger partial charge in [0.1, 0.15) is 5.82 Å². The maximum atomic E-state index is 13.1. The molecule has 2 N–H and O–H groups in total. The van der Waals surface area contributed by atoms with Crippen LogP contribution in [0.3, 0.4) is 0 Å². The van der Waals surface area contributed by atoms with Crippen LogP contribution in [-0.4, -0.2) is 46.0 Å². The number of nitrogens with one attached hydrogen (secondary N) is 2. The van der Waals surface area contributed by atoms with E-state index >= 15 is 0 Å². The molecular formula is C22H24FN3O5S. The first kappa shape index (κ1) is 22.4. The third-order valence-corrected chi connectivity index (χ3v) is 7.03. The van der Waals surface area contributed by atoms with Crippen molar-refractivity contribution in [1.82, 2.24) is 4.72 Å². The van der Waals surface area contributed by atoms with Crippen LogP contribution in [0, 0.1) is 11.7 Å². The molecule has 4 rings (SSSR count). The highest BCUT2D eigenvalue weighted by Gasteiger charge is 2.35. The number of carbonyl (C=O) groups excluding carboxylic acids is 2. The number of rotatable bonds is 7. The van der Waals surface area contributed by atoms with Gasteiger partial charge in [-0.15, -0.1) is 0 Å². The van der Waals surface area contributed by atoms with E-state index in [9.17, 15) is 22.4 Å². The van der Waals surface area contributed by atoms with Gasteiger partial charge in [0.2, 0.25) is 21.8 Å². The van der Waals surface area contributed by atoms with Gasteiger partial charge in [-0.25, -0.2) is 17.5 Å². The summed E-state index contributed by atoms with van der Waals surface area (Å²) in [5.41, 5.74) is 0.970. The third-order valence-electron chi connectivity index (χ3n) is 5.59. The van der Waals surface area contributed by atoms with Crippen molar-refractivity contribution in [2.75, 3.05) is 29.9 Å². The lowest BCUT2D eigenvalue weighted by molar-refractivity contribution is -0.122. The number of amides is 2. The fraction of sp³-hybridized carbons (Fsp3) is 0.364. The van der Waals surface area contributed by atoms with E-state index in [0.717, 1.165) is 12.8 Å². The Morgan fingerprint density at radius 1 is 1.12 bits per heavy atom. The van der Waals surface area contributed by atoms with E-state index < -0.39 is 21.8 Å². The van der Waals surface area contributed by atoms with Crippen molar-refractivity contribution in [1.29, 1.82) is 0 Å². The smallest absolute Gasteiger partial charge is 0.240 e. The lowest BCUT2D eigenvalue weighted by atomic mass is 10.1. The summed E-state index contributed by atoms with van der Waals surface area (Å²) in [4.78, 5) is 26.5. The lowest BCUT2D eigenvalue weighted by Gasteiger charge is -2.16. The van der Waals surface area contributed by atoms with E-state index in [1.807, 2.05) is 0 Å². The van der Waals surface area contributed by atoms with E-state index in [4.69, 9.17) is 4.74 Å². The van der Waals surface area contributed by atoms with Crippen LogP contribution in [0.15, 0.2) is 53.4 Å². The van der Waals surface area contributed by atoms with Gasteiger partial charge in [-0.1, -0.05) is 0 Å². The third kappa shape index (κ3) is 5.14. The summed E-state index contributed by atoms with van der Waals surface area (Å²) in [7, 11) is -3.68. The molecule has 2 aliphatic rings. The zero-order valence-corrected chi connectivity index (χ0v) is 18.1. The number of hydrogen-bond donors (Lipinski definition) is 2. The summed E-state index contributed by atoms with van der Waals surface area (Å²) < 4.78 is 46.0. The largest absolute Gasteiger partial charge is 0.377 e. The van der Waals surface area contributed by atoms with Crippen LogP contribution in [0.25, 0.3) is 0 Å². The molecule has 0 aliphatic carbocycles. The second-order valence-corrected chi connectivity index (χ2v) is 9.65. The molecule has 2 atom stereocenters. The predicted molar refractivity (Wildman–Crippen MR) is 116 cm³/mol. The quantitative estimate of drug-likeness (QED) is 0.658. The molecule has 170 valence electrons. The maximum Gasteiger partial charge on any atom is 0.240 e. The summed E-state index contributed by atoms with van der Waals surface area (Å²) >= 11 is 0. The van der Waals surface area contributed by atoms with Crippen LogP contribution in [-0.2, 0) is 24.3 Å². The average molecular weight is 462 g/mol. The highest BCUT2D eigenvalue weighted by atomic mass is 32.2.